The molecule has 0 aliphatic heterocycles. The molecule has 1 aromatic rings. The van der Waals surface area contributed by atoms with Gasteiger partial charge in [0.15, 0.2) is 5.82 Å². The van der Waals surface area contributed by atoms with Crippen molar-refractivity contribution in [3.05, 3.63) is 11.7 Å². The molecule has 0 saturated heterocycles. The van der Waals surface area contributed by atoms with Crippen LogP contribution in [-0.4, -0.2) is 23.8 Å². The monoisotopic (exact) mass is 259 g/mol. The number of rotatable bonds is 4. The summed E-state index contributed by atoms with van der Waals surface area (Å²) in [5, 5.41) is 3.35. The van der Waals surface area contributed by atoms with Crippen LogP contribution in [0.5, 0.6) is 0 Å². The molecule has 1 fully saturated rings. The van der Waals surface area contributed by atoms with E-state index < -0.39 is 10.0 Å². The minimum atomic E-state index is -3.25. The first-order valence-electron chi connectivity index (χ1n) is 5.85. The standard InChI is InChI=1S/C10H17N3O3S/c1-8-12-10(16-13-8)7-11-17(14,15)9-5-3-2-4-6-9/h9,11H,2-7H2,1H3. The fourth-order valence-corrected chi connectivity index (χ4v) is 3.58. The van der Waals surface area contributed by atoms with E-state index in [4.69, 9.17) is 4.52 Å². The van der Waals surface area contributed by atoms with E-state index in [1.54, 1.807) is 6.92 Å². The Kier molecular flexibility index (Phi) is 3.78. The summed E-state index contributed by atoms with van der Waals surface area (Å²) in [6, 6.07) is 0. The molecule has 1 aliphatic carbocycles. The molecule has 2 rings (SSSR count). The van der Waals surface area contributed by atoms with Gasteiger partial charge >= 0.3 is 0 Å². The molecule has 1 heterocycles. The first-order chi connectivity index (χ1) is 8.08. The maximum Gasteiger partial charge on any atom is 0.241 e. The van der Waals surface area contributed by atoms with Crippen molar-refractivity contribution >= 4 is 10.0 Å². The molecule has 6 nitrogen and oxygen atoms in total. The Morgan fingerprint density at radius 3 is 2.65 bits per heavy atom. The second kappa shape index (κ2) is 5.14. The van der Waals surface area contributed by atoms with Crippen molar-refractivity contribution in [2.24, 2.45) is 0 Å². The fraction of sp³-hybridized carbons (Fsp3) is 0.800. The van der Waals surface area contributed by atoms with Crippen LogP contribution in [0.4, 0.5) is 0 Å². The summed E-state index contributed by atoms with van der Waals surface area (Å²) in [7, 11) is -3.25. The molecule has 0 aromatic carbocycles. The van der Waals surface area contributed by atoms with Crippen LogP contribution in [0.1, 0.15) is 43.8 Å². The lowest BCUT2D eigenvalue weighted by Gasteiger charge is -2.21. The van der Waals surface area contributed by atoms with Crippen LogP contribution in [0.2, 0.25) is 0 Å². The maximum atomic E-state index is 12.0. The van der Waals surface area contributed by atoms with Crippen LogP contribution in [0, 0.1) is 6.92 Å². The Hall–Kier alpha value is -0.950. The molecule has 7 heteroatoms. The van der Waals surface area contributed by atoms with Gasteiger partial charge in [-0.15, -0.1) is 0 Å². The minimum Gasteiger partial charge on any atom is -0.338 e. The van der Waals surface area contributed by atoms with Gasteiger partial charge in [0.1, 0.15) is 0 Å². The lowest BCUT2D eigenvalue weighted by Crippen LogP contribution is -2.35. The molecule has 1 saturated carbocycles. The normalized spacial score (nSPS) is 18.4. The molecule has 1 aromatic heterocycles. The smallest absolute Gasteiger partial charge is 0.241 e. The van der Waals surface area contributed by atoms with Crippen molar-refractivity contribution in [1.29, 1.82) is 0 Å². The second-order valence-corrected chi connectivity index (χ2v) is 6.41. The van der Waals surface area contributed by atoms with E-state index in [0.29, 0.717) is 11.7 Å². The molecule has 0 bridgehead atoms. The van der Waals surface area contributed by atoms with Crippen LogP contribution in [0.15, 0.2) is 4.52 Å². The summed E-state index contributed by atoms with van der Waals surface area (Å²) in [6.07, 6.45) is 4.61. The van der Waals surface area contributed by atoms with Crippen LogP contribution < -0.4 is 4.72 Å². The lowest BCUT2D eigenvalue weighted by molar-refractivity contribution is 0.371. The van der Waals surface area contributed by atoms with Crippen LogP contribution in [-0.2, 0) is 16.6 Å². The number of nitrogens with zero attached hydrogens (tertiary/aromatic N) is 2. The minimum absolute atomic E-state index is 0.0830. The summed E-state index contributed by atoms with van der Waals surface area (Å²) >= 11 is 0. The Bertz CT molecular complexity index is 463. The number of hydrogen-bond acceptors (Lipinski definition) is 5. The van der Waals surface area contributed by atoms with Crippen molar-refractivity contribution in [3.8, 4) is 0 Å². The van der Waals surface area contributed by atoms with E-state index in [1.807, 2.05) is 0 Å². The summed E-state index contributed by atoms with van der Waals surface area (Å²) in [4.78, 5) is 3.95. The van der Waals surface area contributed by atoms with E-state index in [1.165, 1.54) is 0 Å². The van der Waals surface area contributed by atoms with Crippen LogP contribution in [0.25, 0.3) is 0 Å². The van der Waals surface area contributed by atoms with Crippen molar-refractivity contribution in [2.75, 3.05) is 0 Å². The molecule has 0 unspecified atom stereocenters. The highest BCUT2D eigenvalue weighted by Crippen LogP contribution is 2.23. The SMILES string of the molecule is Cc1noc(CNS(=O)(=O)C2CCCCC2)n1. The third-order valence-corrected chi connectivity index (χ3v) is 4.88. The Morgan fingerprint density at radius 2 is 2.06 bits per heavy atom. The number of hydrogen-bond donors (Lipinski definition) is 1. The van der Waals surface area contributed by atoms with E-state index in [-0.39, 0.29) is 11.8 Å². The van der Waals surface area contributed by atoms with Crippen LogP contribution in [0.3, 0.4) is 0 Å². The Morgan fingerprint density at radius 1 is 1.35 bits per heavy atom. The highest BCUT2D eigenvalue weighted by molar-refractivity contribution is 7.90. The highest BCUT2D eigenvalue weighted by atomic mass is 32.2. The van der Waals surface area contributed by atoms with Crippen LogP contribution >= 0.6 is 0 Å². The Labute approximate surface area is 101 Å². The number of aromatic nitrogens is 2. The van der Waals surface area contributed by atoms with Gasteiger partial charge in [0.25, 0.3) is 0 Å². The van der Waals surface area contributed by atoms with Gasteiger partial charge in [-0.2, -0.15) is 4.98 Å². The van der Waals surface area contributed by atoms with Gasteiger partial charge in [-0.3, -0.25) is 0 Å². The molecule has 1 N–H and O–H groups in total. The maximum absolute atomic E-state index is 12.0. The second-order valence-electron chi connectivity index (χ2n) is 4.36. The van der Waals surface area contributed by atoms with Crippen molar-refractivity contribution in [1.82, 2.24) is 14.9 Å². The molecule has 0 amide bonds. The largest absolute Gasteiger partial charge is 0.338 e. The van der Waals surface area contributed by atoms with Crippen molar-refractivity contribution in [2.45, 2.75) is 50.8 Å². The van der Waals surface area contributed by atoms with Gasteiger partial charge in [0, 0.05) is 0 Å². The van der Waals surface area contributed by atoms with Gasteiger partial charge in [0.05, 0.1) is 11.8 Å². The third kappa shape index (κ3) is 3.26. The molecule has 1 aliphatic rings. The van der Waals surface area contributed by atoms with Crippen molar-refractivity contribution in [3.63, 3.8) is 0 Å². The fourth-order valence-electron chi connectivity index (χ4n) is 2.07. The third-order valence-electron chi connectivity index (χ3n) is 2.99. The molecule has 96 valence electrons. The molecular formula is C10H17N3O3S. The van der Waals surface area contributed by atoms with Gasteiger partial charge in [-0.1, -0.05) is 24.4 Å². The topological polar surface area (TPSA) is 85.1 Å². The zero-order chi connectivity index (χ0) is 12.3. The predicted molar refractivity (Wildman–Crippen MR) is 61.7 cm³/mol. The van der Waals surface area contributed by atoms with E-state index in [9.17, 15) is 8.42 Å². The van der Waals surface area contributed by atoms with Gasteiger partial charge < -0.3 is 4.52 Å². The molecular weight excluding hydrogens is 242 g/mol. The zero-order valence-electron chi connectivity index (χ0n) is 9.85. The Balaban J connectivity index is 1.92. The molecule has 0 radical (unpaired) electrons. The summed E-state index contributed by atoms with van der Waals surface area (Å²) in [5.41, 5.74) is 0. The summed E-state index contributed by atoms with van der Waals surface area (Å²) in [5.74, 6) is 0.818. The van der Waals surface area contributed by atoms with E-state index in [0.717, 1.165) is 32.1 Å². The van der Waals surface area contributed by atoms with E-state index in [2.05, 4.69) is 14.9 Å². The lowest BCUT2D eigenvalue weighted by atomic mass is 10.0. The van der Waals surface area contributed by atoms with Gasteiger partial charge in [-0.25, -0.2) is 13.1 Å². The molecule has 0 atom stereocenters. The number of aryl methyl sites for hydroxylation is 1. The average Bonchev–Trinajstić information content (AvgIpc) is 2.74. The first kappa shape index (κ1) is 12.5. The average molecular weight is 259 g/mol. The quantitative estimate of drug-likeness (QED) is 0.876. The summed E-state index contributed by atoms with van der Waals surface area (Å²) in [6.45, 7) is 1.78. The first-order valence-corrected chi connectivity index (χ1v) is 7.40. The molecule has 17 heavy (non-hydrogen) atoms. The number of nitrogens with one attached hydrogen (secondary N) is 1. The summed E-state index contributed by atoms with van der Waals surface area (Å²) < 4.78 is 31.3. The highest BCUT2D eigenvalue weighted by Gasteiger charge is 2.27. The van der Waals surface area contributed by atoms with Crippen molar-refractivity contribution < 1.29 is 12.9 Å². The van der Waals surface area contributed by atoms with E-state index >= 15 is 0 Å². The zero-order valence-corrected chi connectivity index (χ0v) is 10.7. The van der Waals surface area contributed by atoms with Gasteiger partial charge in [-0.05, 0) is 19.8 Å². The van der Waals surface area contributed by atoms with Gasteiger partial charge in [0.2, 0.25) is 15.9 Å². The number of sulfonamides is 1. The predicted octanol–water partition coefficient (Wildman–Crippen LogP) is 1.13. The molecule has 0 spiro atoms.